The van der Waals surface area contributed by atoms with Crippen molar-refractivity contribution < 1.29 is 4.39 Å². The summed E-state index contributed by atoms with van der Waals surface area (Å²) in [6.45, 7) is 0. The quantitative estimate of drug-likeness (QED) is 0.438. The van der Waals surface area contributed by atoms with Crippen molar-refractivity contribution >= 4 is 22.6 Å². The third-order valence-electron chi connectivity index (χ3n) is 1.00. The average Bonchev–Trinajstić information content (AvgIpc) is 1.77. The van der Waals surface area contributed by atoms with Crippen LogP contribution in [0.4, 0.5) is 4.39 Å². The predicted molar refractivity (Wildman–Crippen MR) is 40.8 cm³/mol. The largest absolute Gasteiger partial charge is 0.207 e. The van der Waals surface area contributed by atoms with E-state index in [2.05, 4.69) is 22.6 Å². The number of alkyl halides is 1. The van der Waals surface area contributed by atoms with Gasteiger partial charge in [0.1, 0.15) is 5.83 Å². The van der Waals surface area contributed by atoms with Crippen LogP contribution in [0.15, 0.2) is 24.1 Å². The first-order valence-electron chi connectivity index (χ1n) is 2.47. The molecule has 0 aromatic heterocycles. The summed E-state index contributed by atoms with van der Waals surface area (Å²) in [5, 5.41) is 0. The lowest BCUT2D eigenvalue weighted by atomic mass is 10.2. The van der Waals surface area contributed by atoms with E-state index >= 15 is 0 Å². The van der Waals surface area contributed by atoms with Gasteiger partial charge >= 0.3 is 0 Å². The summed E-state index contributed by atoms with van der Waals surface area (Å²) < 4.78 is 12.6. The first-order valence-corrected chi connectivity index (χ1v) is 3.71. The van der Waals surface area contributed by atoms with E-state index in [0.717, 1.165) is 6.42 Å². The van der Waals surface area contributed by atoms with Crippen molar-refractivity contribution in [3.8, 4) is 0 Å². The van der Waals surface area contributed by atoms with Gasteiger partial charge in [-0.3, -0.25) is 0 Å². The molecule has 0 spiro atoms. The fourth-order valence-electron chi connectivity index (χ4n) is 0.568. The number of hydrogen-bond donors (Lipinski definition) is 0. The van der Waals surface area contributed by atoms with Gasteiger partial charge in [0.15, 0.2) is 0 Å². The van der Waals surface area contributed by atoms with E-state index in [4.69, 9.17) is 0 Å². The van der Waals surface area contributed by atoms with E-state index in [1.807, 2.05) is 6.08 Å². The van der Waals surface area contributed by atoms with Crippen LogP contribution < -0.4 is 0 Å². The van der Waals surface area contributed by atoms with Gasteiger partial charge in [0.05, 0.1) is 0 Å². The fraction of sp³-hybridized carbons (Fsp3) is 0.333. The van der Waals surface area contributed by atoms with Gasteiger partial charge in [0, 0.05) is 3.92 Å². The third kappa shape index (κ3) is 1.58. The van der Waals surface area contributed by atoms with E-state index in [0.29, 0.717) is 3.92 Å². The lowest BCUT2D eigenvalue weighted by Crippen LogP contribution is -1.93. The highest BCUT2D eigenvalue weighted by Crippen LogP contribution is 2.17. The Morgan fingerprint density at radius 3 is 2.88 bits per heavy atom. The molecule has 0 bridgehead atoms. The van der Waals surface area contributed by atoms with Crippen LogP contribution in [0.5, 0.6) is 0 Å². The monoisotopic (exact) mass is 224 g/mol. The van der Waals surface area contributed by atoms with Crippen LogP contribution in [-0.2, 0) is 0 Å². The van der Waals surface area contributed by atoms with Crippen LogP contribution in [0.2, 0.25) is 0 Å². The number of hydrogen-bond acceptors (Lipinski definition) is 0. The molecular weight excluding hydrogens is 218 g/mol. The van der Waals surface area contributed by atoms with Crippen molar-refractivity contribution in [2.24, 2.45) is 0 Å². The second-order valence-electron chi connectivity index (χ2n) is 1.70. The molecule has 0 radical (unpaired) electrons. The standard InChI is InChI=1S/C6H6FI/c7-5-1-3-6(8)4-2-5/h1-3,6H,4H2/t6-/m1/s1. The Morgan fingerprint density at radius 2 is 2.50 bits per heavy atom. The van der Waals surface area contributed by atoms with Gasteiger partial charge in [-0.2, -0.15) is 0 Å². The zero-order valence-corrected chi connectivity index (χ0v) is 6.43. The Hall–Kier alpha value is 0.140. The molecule has 0 N–H and O–H groups in total. The van der Waals surface area contributed by atoms with Crippen molar-refractivity contribution in [3.05, 3.63) is 24.1 Å². The Balaban J connectivity index is 2.58. The van der Waals surface area contributed by atoms with Gasteiger partial charge in [-0.05, 0) is 18.6 Å². The lowest BCUT2D eigenvalue weighted by molar-refractivity contribution is 0.654. The molecule has 1 aliphatic rings. The maximum atomic E-state index is 12.1. The number of halogens is 2. The van der Waals surface area contributed by atoms with Crippen molar-refractivity contribution in [3.63, 3.8) is 0 Å². The summed E-state index contributed by atoms with van der Waals surface area (Å²) >= 11 is 2.27. The van der Waals surface area contributed by atoms with Crippen molar-refractivity contribution in [1.29, 1.82) is 0 Å². The normalized spacial score (nSPS) is 27.8. The second kappa shape index (κ2) is 2.62. The highest BCUT2D eigenvalue weighted by molar-refractivity contribution is 14.1. The summed E-state index contributed by atoms with van der Waals surface area (Å²) in [5.74, 6) is -0.0992. The van der Waals surface area contributed by atoms with Crippen LogP contribution in [-0.4, -0.2) is 3.92 Å². The zero-order valence-electron chi connectivity index (χ0n) is 4.27. The third-order valence-corrected chi connectivity index (χ3v) is 1.93. The number of allylic oxidation sites excluding steroid dienone is 4. The summed E-state index contributed by atoms with van der Waals surface area (Å²) in [4.78, 5) is 0. The maximum absolute atomic E-state index is 12.1. The van der Waals surface area contributed by atoms with Crippen LogP contribution in [0.25, 0.3) is 0 Å². The molecule has 2 heteroatoms. The van der Waals surface area contributed by atoms with E-state index in [1.165, 1.54) is 6.08 Å². The van der Waals surface area contributed by atoms with Crippen molar-refractivity contribution in [2.75, 3.05) is 0 Å². The average molecular weight is 224 g/mol. The Bertz CT molecular complexity index is 137. The van der Waals surface area contributed by atoms with Crippen LogP contribution in [0, 0.1) is 0 Å². The molecule has 1 rings (SSSR count). The first-order chi connectivity index (χ1) is 3.79. The second-order valence-corrected chi connectivity index (χ2v) is 3.30. The maximum Gasteiger partial charge on any atom is 0.119 e. The van der Waals surface area contributed by atoms with Crippen molar-refractivity contribution in [1.82, 2.24) is 0 Å². The van der Waals surface area contributed by atoms with Crippen LogP contribution >= 0.6 is 22.6 Å². The predicted octanol–water partition coefficient (Wildman–Crippen LogP) is 2.60. The lowest BCUT2D eigenvalue weighted by Gasteiger charge is -2.02. The molecule has 0 fully saturated rings. The van der Waals surface area contributed by atoms with Crippen LogP contribution in [0.3, 0.4) is 0 Å². The molecule has 0 saturated heterocycles. The van der Waals surface area contributed by atoms with Gasteiger partial charge in [0.25, 0.3) is 0 Å². The number of rotatable bonds is 0. The minimum Gasteiger partial charge on any atom is -0.207 e. The smallest absolute Gasteiger partial charge is 0.119 e. The molecule has 1 aliphatic carbocycles. The molecule has 8 heavy (non-hydrogen) atoms. The molecule has 0 unspecified atom stereocenters. The van der Waals surface area contributed by atoms with E-state index in [9.17, 15) is 4.39 Å². The molecular formula is C6H6FI. The Labute approximate surface area is 61.6 Å². The van der Waals surface area contributed by atoms with Crippen LogP contribution in [0.1, 0.15) is 6.42 Å². The molecule has 0 saturated carbocycles. The molecule has 0 nitrogen and oxygen atoms in total. The highest BCUT2D eigenvalue weighted by Gasteiger charge is 2.01. The summed E-state index contributed by atoms with van der Waals surface area (Å²) in [7, 11) is 0. The van der Waals surface area contributed by atoms with Gasteiger partial charge in [-0.1, -0.05) is 28.7 Å². The molecule has 0 heterocycles. The molecule has 0 aromatic rings. The minimum absolute atomic E-state index is 0.0992. The zero-order chi connectivity index (χ0) is 5.98. The minimum atomic E-state index is -0.0992. The molecule has 0 aliphatic heterocycles. The van der Waals surface area contributed by atoms with E-state index in [1.54, 1.807) is 6.08 Å². The highest BCUT2D eigenvalue weighted by atomic mass is 127. The van der Waals surface area contributed by atoms with Gasteiger partial charge in [-0.25, -0.2) is 4.39 Å². The summed E-state index contributed by atoms with van der Waals surface area (Å²) in [5.41, 5.74) is 0. The van der Waals surface area contributed by atoms with E-state index in [-0.39, 0.29) is 5.83 Å². The first kappa shape index (κ1) is 6.26. The van der Waals surface area contributed by atoms with Gasteiger partial charge in [0.2, 0.25) is 0 Å². The molecule has 0 amide bonds. The summed E-state index contributed by atoms with van der Waals surface area (Å²) in [6, 6.07) is 0. The topological polar surface area (TPSA) is 0 Å². The molecule has 44 valence electrons. The van der Waals surface area contributed by atoms with Crippen molar-refractivity contribution in [2.45, 2.75) is 10.3 Å². The van der Waals surface area contributed by atoms with E-state index < -0.39 is 0 Å². The SMILES string of the molecule is FC1=CC[C@H](I)C=C1. The molecule has 1 atom stereocenters. The Kier molecular flexibility index (Phi) is 2.05. The van der Waals surface area contributed by atoms with Gasteiger partial charge < -0.3 is 0 Å². The molecule has 0 aromatic carbocycles. The van der Waals surface area contributed by atoms with Gasteiger partial charge in [-0.15, -0.1) is 0 Å². The summed E-state index contributed by atoms with van der Waals surface area (Å²) in [6.07, 6.45) is 5.83. The Morgan fingerprint density at radius 1 is 1.75 bits per heavy atom. The fourth-order valence-corrected chi connectivity index (χ4v) is 1.03.